The Morgan fingerprint density at radius 2 is 1.50 bits per heavy atom. The molecule has 0 heterocycles. The summed E-state index contributed by atoms with van der Waals surface area (Å²) in [4.78, 5) is 0. The Kier molecular flexibility index (Phi) is 65.1. The van der Waals surface area contributed by atoms with Crippen LogP contribution in [0.15, 0.2) is 0 Å². The summed E-state index contributed by atoms with van der Waals surface area (Å²) in [6, 6.07) is 0. The van der Waals surface area contributed by atoms with Gasteiger partial charge in [-0.15, -0.1) is 25.2 Å². The molecule has 0 bridgehead atoms. The molecule has 0 saturated heterocycles. The van der Waals surface area contributed by atoms with E-state index in [4.69, 9.17) is 5.73 Å². The van der Waals surface area contributed by atoms with Gasteiger partial charge in [-0.1, -0.05) is 0 Å². The molecule has 50 valence electrons. The quantitative estimate of drug-likeness (QED) is 0.193. The van der Waals surface area contributed by atoms with Gasteiger partial charge in [0, 0.05) is 5.37 Å². The first-order valence-electron chi connectivity index (χ1n) is 1.43. The molecule has 4 N–H and O–H groups in total. The minimum absolute atomic E-state index is 0. The average molecular weight is 187 g/mol. The molecule has 0 aliphatic heterocycles. The third-order valence-electron chi connectivity index (χ3n) is 0. The smallest absolute Gasteiger partial charge is 1.00 e. The van der Waals surface area contributed by atoms with Crippen molar-refractivity contribution in [1.29, 1.82) is 0 Å². The van der Waals surface area contributed by atoms with Crippen molar-refractivity contribution in [2.75, 3.05) is 0 Å². The van der Waals surface area contributed by atoms with Crippen LogP contribution in [0.2, 0.25) is 0 Å². The Balaban J connectivity index is -0.00000000990. The van der Waals surface area contributed by atoms with Crippen molar-refractivity contribution < 1.29 is 31.0 Å². The fourth-order valence-electron chi connectivity index (χ4n) is 0. The number of hydrogen-bond acceptors (Lipinski definition) is 4. The number of nitrogens with two attached hydrogens (primary N) is 2. The van der Waals surface area contributed by atoms with E-state index in [0.29, 0.717) is 0 Å². The molecule has 1 atom stereocenters. The first kappa shape index (κ1) is 22.5. The van der Waals surface area contributed by atoms with E-state index < -0.39 is 0 Å². The van der Waals surface area contributed by atoms with Crippen LogP contribution in [0, 0.1) is 0 Å². The fraction of sp³-hybridized carbons (Fsp3) is 1.00. The van der Waals surface area contributed by atoms with E-state index in [1.807, 2.05) is 6.92 Å². The molecule has 0 saturated carbocycles. The number of hydrogen-bond donors (Lipinski definition) is 4. The normalized spacial score (nSPS) is 8.62. The van der Waals surface area contributed by atoms with E-state index in [0.717, 1.165) is 0 Å². The Morgan fingerprint density at radius 3 is 1.50 bits per heavy atom. The van der Waals surface area contributed by atoms with Gasteiger partial charge in [0.15, 0.2) is 0 Å². The van der Waals surface area contributed by atoms with Gasteiger partial charge < -0.3 is 7.16 Å². The predicted molar refractivity (Wildman–Crippen MR) is 44.2 cm³/mol. The van der Waals surface area contributed by atoms with Crippen LogP contribution in [0.25, 0.3) is 0 Å². The van der Waals surface area contributed by atoms with Crippen molar-refractivity contribution in [2.45, 2.75) is 12.3 Å². The molecule has 0 aliphatic rings. The van der Waals surface area contributed by atoms with Crippen molar-refractivity contribution in [3.8, 4) is 0 Å². The Bertz CT molecular complexity index is 27.3. The second-order valence-corrected chi connectivity index (χ2v) is 1.56. The monoisotopic (exact) mass is 186 g/mol. The molecular weight excluding hydrogens is 175 g/mol. The maximum absolute atomic E-state index is 4.98. The van der Waals surface area contributed by atoms with Gasteiger partial charge in [-0.3, -0.25) is 5.14 Å². The summed E-state index contributed by atoms with van der Waals surface area (Å²) >= 11 is 6.77. The minimum atomic E-state index is 0. The topological polar surface area (TPSA) is 52.0 Å². The van der Waals surface area contributed by atoms with Crippen molar-refractivity contribution in [2.24, 2.45) is 10.9 Å². The van der Waals surface area contributed by atoms with Crippen molar-refractivity contribution in [3.63, 3.8) is 0 Å². The maximum atomic E-state index is 4.98. The number of rotatable bonds is 0. The second-order valence-electron chi connectivity index (χ2n) is 0.741. The third kappa shape index (κ3) is 104. The summed E-state index contributed by atoms with van der Waals surface area (Å²) in [5.41, 5.74) is 4.98. The molecular formula is C2H12ClN2NaS2. The summed E-state index contributed by atoms with van der Waals surface area (Å²) in [6.45, 7) is 1.81. The Hall–Kier alpha value is 1.91. The van der Waals surface area contributed by atoms with Gasteiger partial charge in [0.05, 0.1) is 0 Å². The first-order valence-corrected chi connectivity index (χ1v) is 2.46. The van der Waals surface area contributed by atoms with Crippen LogP contribution in [-0.4, -0.2) is 5.37 Å². The average Bonchev–Trinajstić information content (AvgIpc) is 1.41. The molecule has 0 aromatic carbocycles. The molecule has 0 aliphatic carbocycles. The van der Waals surface area contributed by atoms with Crippen LogP contribution in [0.5, 0.6) is 0 Å². The van der Waals surface area contributed by atoms with Gasteiger partial charge in [-0.2, -0.15) is 12.6 Å². The summed E-state index contributed by atoms with van der Waals surface area (Å²) in [6.07, 6.45) is 0. The summed E-state index contributed by atoms with van der Waals surface area (Å²) in [5.74, 6) is 0. The van der Waals surface area contributed by atoms with Crippen molar-refractivity contribution in [3.05, 3.63) is 0 Å². The van der Waals surface area contributed by atoms with Crippen molar-refractivity contribution in [1.82, 2.24) is 0 Å². The number of halogens is 1. The van der Waals surface area contributed by atoms with Gasteiger partial charge >= 0.3 is 29.6 Å². The molecule has 6 heteroatoms. The van der Waals surface area contributed by atoms with Gasteiger partial charge in [-0.25, -0.2) is 0 Å². The van der Waals surface area contributed by atoms with E-state index in [1.165, 1.54) is 0 Å². The maximum Gasteiger partial charge on any atom is 1.00 e. The summed E-state index contributed by atoms with van der Waals surface area (Å²) in [5, 5.41) is 4.22. The zero-order chi connectivity index (χ0) is 5.58. The van der Waals surface area contributed by atoms with Gasteiger partial charge in [-0.05, 0) is 6.92 Å². The Morgan fingerprint density at radius 1 is 1.50 bits per heavy atom. The van der Waals surface area contributed by atoms with Gasteiger partial charge in [0.1, 0.15) is 0 Å². The largest absolute Gasteiger partial charge is 1.00 e. The van der Waals surface area contributed by atoms with Crippen LogP contribution in [0.1, 0.15) is 8.35 Å². The van der Waals surface area contributed by atoms with Crippen LogP contribution in [0.4, 0.5) is 0 Å². The van der Waals surface area contributed by atoms with Crippen LogP contribution in [-0.2, 0) is 0 Å². The molecule has 0 fully saturated rings. The van der Waals surface area contributed by atoms with Crippen LogP contribution in [0.3, 0.4) is 0 Å². The standard InChI is InChI=1S/C2H7NS.ClH.H3NS.Na.H/c1-2(3)4;;1-2;;/h2,4H,3H2,1H3;1H;2H,1H2;;/q;;;+1;-1. The molecule has 0 amide bonds. The Labute approximate surface area is 91.3 Å². The minimum Gasteiger partial charge on any atom is -1.00 e. The molecule has 0 radical (unpaired) electrons. The van der Waals surface area contributed by atoms with Crippen LogP contribution < -0.4 is 40.4 Å². The van der Waals surface area contributed by atoms with E-state index in [2.05, 4.69) is 30.6 Å². The summed E-state index contributed by atoms with van der Waals surface area (Å²) < 4.78 is 0. The molecule has 1 unspecified atom stereocenters. The second kappa shape index (κ2) is 23.1. The molecule has 0 aromatic rings. The van der Waals surface area contributed by atoms with E-state index in [1.54, 1.807) is 0 Å². The third-order valence-corrected chi connectivity index (χ3v) is 0. The molecule has 0 rings (SSSR count). The summed E-state index contributed by atoms with van der Waals surface area (Å²) in [7, 11) is 0. The van der Waals surface area contributed by atoms with Crippen molar-refractivity contribution >= 4 is 37.9 Å². The van der Waals surface area contributed by atoms with Crippen LogP contribution >= 0.6 is 37.9 Å². The van der Waals surface area contributed by atoms with Gasteiger partial charge in [0.2, 0.25) is 0 Å². The van der Waals surface area contributed by atoms with E-state index in [9.17, 15) is 0 Å². The van der Waals surface area contributed by atoms with E-state index in [-0.39, 0.29) is 48.8 Å². The fourth-order valence-corrected chi connectivity index (χ4v) is 0. The van der Waals surface area contributed by atoms with E-state index >= 15 is 0 Å². The SMILES string of the molecule is CC(N)S.Cl.NS.[H-].[Na+]. The van der Waals surface area contributed by atoms with Gasteiger partial charge in [0.25, 0.3) is 0 Å². The zero-order valence-corrected chi connectivity index (χ0v) is 9.64. The molecule has 0 spiro atoms. The first-order chi connectivity index (χ1) is 2.73. The number of thiol groups is 2. The predicted octanol–water partition coefficient (Wildman–Crippen LogP) is -2.45. The molecule has 0 aromatic heterocycles. The molecule has 8 heavy (non-hydrogen) atoms. The zero-order valence-electron chi connectivity index (χ0n) is 6.03. The molecule has 2 nitrogen and oxygen atoms in total.